The molecule has 1 heterocycles. The standard InChI is InChI=1S/C14H24N4/c1-12-15-9-8-14(18-12)17-11-10-16-13-6-4-2-3-5-7-13/h8-9,13,16H,2-7,10-11H2,1H3,(H,15,17,18). The van der Waals surface area contributed by atoms with Crippen LogP contribution in [0.3, 0.4) is 0 Å². The Morgan fingerprint density at radius 3 is 2.67 bits per heavy atom. The van der Waals surface area contributed by atoms with Gasteiger partial charge in [-0.15, -0.1) is 0 Å². The fourth-order valence-electron chi connectivity index (χ4n) is 2.50. The van der Waals surface area contributed by atoms with Gasteiger partial charge in [0.2, 0.25) is 0 Å². The molecular formula is C14H24N4. The van der Waals surface area contributed by atoms with Crippen LogP contribution < -0.4 is 10.6 Å². The van der Waals surface area contributed by atoms with Crippen LogP contribution in [0.1, 0.15) is 44.3 Å². The SMILES string of the molecule is Cc1nccc(NCCNC2CCCCCC2)n1. The van der Waals surface area contributed by atoms with Gasteiger partial charge in [-0.3, -0.25) is 0 Å². The zero-order chi connectivity index (χ0) is 12.6. The number of nitrogens with one attached hydrogen (secondary N) is 2. The molecular weight excluding hydrogens is 224 g/mol. The lowest BCUT2D eigenvalue weighted by Crippen LogP contribution is -2.32. The molecule has 0 saturated heterocycles. The Bertz CT molecular complexity index is 345. The zero-order valence-electron chi connectivity index (χ0n) is 11.3. The van der Waals surface area contributed by atoms with E-state index in [1.54, 1.807) is 6.20 Å². The summed E-state index contributed by atoms with van der Waals surface area (Å²) in [4.78, 5) is 8.41. The van der Waals surface area contributed by atoms with Crippen LogP contribution in [-0.4, -0.2) is 29.1 Å². The summed E-state index contributed by atoms with van der Waals surface area (Å²) in [6.45, 7) is 3.84. The summed E-state index contributed by atoms with van der Waals surface area (Å²) < 4.78 is 0. The summed E-state index contributed by atoms with van der Waals surface area (Å²) in [5, 5.41) is 6.97. The molecule has 0 atom stereocenters. The van der Waals surface area contributed by atoms with E-state index in [2.05, 4.69) is 20.6 Å². The average molecular weight is 248 g/mol. The van der Waals surface area contributed by atoms with E-state index in [0.717, 1.165) is 30.8 Å². The van der Waals surface area contributed by atoms with Crippen LogP contribution in [0.5, 0.6) is 0 Å². The first-order valence-electron chi connectivity index (χ1n) is 7.11. The number of nitrogens with zero attached hydrogens (tertiary/aromatic N) is 2. The third-order valence-electron chi connectivity index (χ3n) is 3.50. The van der Waals surface area contributed by atoms with Crippen molar-refractivity contribution in [3.8, 4) is 0 Å². The van der Waals surface area contributed by atoms with Crippen molar-refractivity contribution < 1.29 is 0 Å². The van der Waals surface area contributed by atoms with E-state index in [1.807, 2.05) is 13.0 Å². The molecule has 1 aromatic heterocycles. The predicted molar refractivity (Wildman–Crippen MR) is 74.8 cm³/mol. The maximum atomic E-state index is 4.32. The van der Waals surface area contributed by atoms with Crippen molar-refractivity contribution in [3.05, 3.63) is 18.1 Å². The lowest BCUT2D eigenvalue weighted by Gasteiger charge is -2.16. The van der Waals surface area contributed by atoms with E-state index in [1.165, 1.54) is 38.5 Å². The number of anilines is 1. The first kappa shape index (κ1) is 13.3. The minimum atomic E-state index is 0.724. The molecule has 0 spiro atoms. The van der Waals surface area contributed by atoms with E-state index in [-0.39, 0.29) is 0 Å². The molecule has 1 aliphatic rings. The van der Waals surface area contributed by atoms with Crippen LogP contribution in [0.15, 0.2) is 12.3 Å². The molecule has 4 heteroatoms. The second kappa shape index (κ2) is 7.31. The van der Waals surface area contributed by atoms with Gasteiger partial charge in [0.25, 0.3) is 0 Å². The van der Waals surface area contributed by atoms with Crippen molar-refractivity contribution in [1.82, 2.24) is 15.3 Å². The van der Waals surface area contributed by atoms with Crippen LogP contribution in [0.4, 0.5) is 5.82 Å². The van der Waals surface area contributed by atoms with E-state index < -0.39 is 0 Å². The highest BCUT2D eigenvalue weighted by Crippen LogP contribution is 2.16. The summed E-state index contributed by atoms with van der Waals surface area (Å²) in [5.41, 5.74) is 0. The highest BCUT2D eigenvalue weighted by atomic mass is 15.0. The van der Waals surface area contributed by atoms with E-state index >= 15 is 0 Å². The Balaban J connectivity index is 1.63. The molecule has 0 aliphatic heterocycles. The minimum Gasteiger partial charge on any atom is -0.369 e. The number of hydrogen-bond donors (Lipinski definition) is 2. The second-order valence-electron chi connectivity index (χ2n) is 5.06. The van der Waals surface area contributed by atoms with Crippen molar-refractivity contribution in [1.29, 1.82) is 0 Å². The second-order valence-corrected chi connectivity index (χ2v) is 5.06. The summed E-state index contributed by atoms with van der Waals surface area (Å²) in [7, 11) is 0. The summed E-state index contributed by atoms with van der Waals surface area (Å²) in [5.74, 6) is 1.74. The number of aryl methyl sites for hydroxylation is 1. The molecule has 18 heavy (non-hydrogen) atoms. The number of rotatable bonds is 5. The van der Waals surface area contributed by atoms with Gasteiger partial charge >= 0.3 is 0 Å². The molecule has 1 fully saturated rings. The van der Waals surface area contributed by atoms with Gasteiger partial charge in [-0.05, 0) is 25.8 Å². The third kappa shape index (κ3) is 4.61. The lowest BCUT2D eigenvalue weighted by molar-refractivity contribution is 0.468. The van der Waals surface area contributed by atoms with Gasteiger partial charge in [0.1, 0.15) is 11.6 Å². The molecule has 1 saturated carbocycles. The van der Waals surface area contributed by atoms with Gasteiger partial charge in [-0.1, -0.05) is 25.7 Å². The largest absolute Gasteiger partial charge is 0.369 e. The molecule has 1 aliphatic carbocycles. The smallest absolute Gasteiger partial charge is 0.129 e. The summed E-state index contributed by atoms with van der Waals surface area (Å²) in [6.07, 6.45) is 10.1. The molecule has 0 amide bonds. The van der Waals surface area contributed by atoms with Crippen molar-refractivity contribution in [2.45, 2.75) is 51.5 Å². The highest BCUT2D eigenvalue weighted by Gasteiger charge is 2.10. The molecule has 4 nitrogen and oxygen atoms in total. The first-order valence-corrected chi connectivity index (χ1v) is 7.11. The zero-order valence-corrected chi connectivity index (χ0v) is 11.3. The van der Waals surface area contributed by atoms with Crippen LogP contribution in [0.25, 0.3) is 0 Å². The molecule has 0 unspecified atom stereocenters. The lowest BCUT2D eigenvalue weighted by atomic mass is 10.1. The van der Waals surface area contributed by atoms with Crippen molar-refractivity contribution in [3.63, 3.8) is 0 Å². The molecule has 100 valence electrons. The maximum absolute atomic E-state index is 4.32. The summed E-state index contributed by atoms with van der Waals surface area (Å²) in [6, 6.07) is 2.64. The van der Waals surface area contributed by atoms with E-state index in [0.29, 0.717) is 0 Å². The average Bonchev–Trinajstić information content (AvgIpc) is 2.63. The quantitative estimate of drug-likeness (QED) is 0.621. The Morgan fingerprint density at radius 2 is 1.94 bits per heavy atom. The van der Waals surface area contributed by atoms with Gasteiger partial charge in [-0.2, -0.15) is 0 Å². The maximum Gasteiger partial charge on any atom is 0.129 e. The third-order valence-corrected chi connectivity index (χ3v) is 3.50. The molecule has 2 N–H and O–H groups in total. The van der Waals surface area contributed by atoms with Gasteiger partial charge in [0.05, 0.1) is 0 Å². The fourth-order valence-corrected chi connectivity index (χ4v) is 2.50. The molecule has 0 bridgehead atoms. The van der Waals surface area contributed by atoms with Crippen LogP contribution in [0.2, 0.25) is 0 Å². The van der Waals surface area contributed by atoms with Crippen LogP contribution in [-0.2, 0) is 0 Å². The topological polar surface area (TPSA) is 49.8 Å². The number of aromatic nitrogens is 2. The van der Waals surface area contributed by atoms with E-state index in [9.17, 15) is 0 Å². The van der Waals surface area contributed by atoms with Crippen LogP contribution >= 0.6 is 0 Å². The van der Waals surface area contributed by atoms with Crippen molar-refractivity contribution >= 4 is 5.82 Å². The monoisotopic (exact) mass is 248 g/mol. The van der Waals surface area contributed by atoms with Crippen molar-refractivity contribution in [2.24, 2.45) is 0 Å². The Hall–Kier alpha value is -1.16. The van der Waals surface area contributed by atoms with Gasteiger partial charge < -0.3 is 10.6 Å². The molecule has 0 radical (unpaired) electrons. The summed E-state index contributed by atoms with van der Waals surface area (Å²) >= 11 is 0. The molecule has 1 aromatic rings. The van der Waals surface area contributed by atoms with Gasteiger partial charge in [-0.25, -0.2) is 9.97 Å². The minimum absolute atomic E-state index is 0.724. The van der Waals surface area contributed by atoms with Crippen molar-refractivity contribution in [2.75, 3.05) is 18.4 Å². The van der Waals surface area contributed by atoms with Crippen LogP contribution in [0, 0.1) is 6.92 Å². The highest BCUT2D eigenvalue weighted by molar-refractivity contribution is 5.32. The first-order chi connectivity index (χ1) is 8.84. The fraction of sp³-hybridized carbons (Fsp3) is 0.714. The van der Waals surface area contributed by atoms with Gasteiger partial charge in [0.15, 0.2) is 0 Å². The number of hydrogen-bond acceptors (Lipinski definition) is 4. The Labute approximate surface area is 110 Å². The van der Waals surface area contributed by atoms with E-state index in [4.69, 9.17) is 0 Å². The predicted octanol–water partition coefficient (Wildman–Crippen LogP) is 2.51. The Kier molecular flexibility index (Phi) is 5.39. The molecule has 0 aromatic carbocycles. The Morgan fingerprint density at radius 1 is 1.17 bits per heavy atom. The van der Waals surface area contributed by atoms with Gasteiger partial charge in [0, 0.05) is 25.3 Å². The molecule has 2 rings (SSSR count). The normalized spacial score (nSPS) is 17.4.